The van der Waals surface area contributed by atoms with Gasteiger partial charge < -0.3 is 10.1 Å². The lowest BCUT2D eigenvalue weighted by Crippen LogP contribution is -2.34. The number of nitrogens with one attached hydrogen (secondary N) is 1. The van der Waals surface area contributed by atoms with Crippen LogP contribution in [0.5, 0.6) is 0 Å². The van der Waals surface area contributed by atoms with Crippen molar-refractivity contribution in [2.45, 2.75) is 19.9 Å². The van der Waals surface area contributed by atoms with Gasteiger partial charge in [-0.05, 0) is 32.0 Å². The fourth-order valence-electron chi connectivity index (χ4n) is 1.23. The SMILES string of the molecule is CC(C)NC(=O)COC(=O)c1cc(Br)ccc1Cl. The lowest BCUT2D eigenvalue weighted by atomic mass is 10.2. The maximum atomic E-state index is 11.7. The van der Waals surface area contributed by atoms with E-state index in [0.29, 0.717) is 4.47 Å². The Hall–Kier alpha value is -1.07. The number of rotatable bonds is 4. The second-order valence-corrected chi connectivity index (χ2v) is 5.25. The monoisotopic (exact) mass is 333 g/mol. The first kappa shape index (κ1) is 15.0. The number of esters is 1. The van der Waals surface area contributed by atoms with Gasteiger partial charge in [0, 0.05) is 10.5 Å². The molecule has 0 atom stereocenters. The summed E-state index contributed by atoms with van der Waals surface area (Å²) < 4.78 is 5.58. The Morgan fingerprint density at radius 1 is 1.44 bits per heavy atom. The van der Waals surface area contributed by atoms with Crippen molar-refractivity contribution in [1.29, 1.82) is 0 Å². The van der Waals surface area contributed by atoms with Crippen LogP contribution in [0.4, 0.5) is 0 Å². The van der Waals surface area contributed by atoms with Gasteiger partial charge in [0.05, 0.1) is 10.6 Å². The maximum absolute atomic E-state index is 11.7. The van der Waals surface area contributed by atoms with Crippen LogP contribution in [-0.2, 0) is 9.53 Å². The number of ether oxygens (including phenoxy) is 1. The molecule has 0 aliphatic rings. The number of hydrogen-bond acceptors (Lipinski definition) is 3. The number of halogens is 2. The smallest absolute Gasteiger partial charge is 0.340 e. The topological polar surface area (TPSA) is 55.4 Å². The molecule has 0 radical (unpaired) electrons. The summed E-state index contributed by atoms with van der Waals surface area (Å²) in [6, 6.07) is 4.84. The summed E-state index contributed by atoms with van der Waals surface area (Å²) >= 11 is 9.10. The highest BCUT2D eigenvalue weighted by Crippen LogP contribution is 2.21. The van der Waals surface area contributed by atoms with Gasteiger partial charge in [-0.1, -0.05) is 27.5 Å². The molecule has 0 heterocycles. The predicted octanol–water partition coefficient (Wildman–Crippen LogP) is 2.78. The first-order chi connectivity index (χ1) is 8.40. The van der Waals surface area contributed by atoms with E-state index in [9.17, 15) is 9.59 Å². The Morgan fingerprint density at radius 2 is 2.11 bits per heavy atom. The Bertz CT molecular complexity index is 463. The zero-order valence-electron chi connectivity index (χ0n) is 10.00. The molecule has 0 spiro atoms. The molecule has 18 heavy (non-hydrogen) atoms. The molecular formula is C12H13BrClNO3. The van der Waals surface area contributed by atoms with E-state index in [1.807, 2.05) is 13.8 Å². The van der Waals surface area contributed by atoms with Crippen molar-refractivity contribution in [2.24, 2.45) is 0 Å². The van der Waals surface area contributed by atoms with Crippen molar-refractivity contribution in [3.05, 3.63) is 33.3 Å². The Labute approximate surface area is 119 Å². The van der Waals surface area contributed by atoms with Crippen LogP contribution in [0.25, 0.3) is 0 Å². The number of benzene rings is 1. The molecule has 0 bridgehead atoms. The summed E-state index contributed by atoms with van der Waals surface area (Å²) in [5.41, 5.74) is 0.225. The van der Waals surface area contributed by atoms with Crippen LogP contribution in [0.1, 0.15) is 24.2 Å². The molecule has 1 aromatic rings. The van der Waals surface area contributed by atoms with E-state index in [0.717, 1.165) is 0 Å². The molecule has 0 unspecified atom stereocenters. The van der Waals surface area contributed by atoms with E-state index in [4.69, 9.17) is 16.3 Å². The molecule has 1 rings (SSSR count). The molecule has 0 saturated carbocycles. The van der Waals surface area contributed by atoms with E-state index in [1.165, 1.54) is 0 Å². The van der Waals surface area contributed by atoms with Crippen molar-refractivity contribution < 1.29 is 14.3 Å². The standard InChI is InChI=1S/C12H13BrClNO3/c1-7(2)15-11(16)6-18-12(17)9-5-8(13)3-4-10(9)14/h3-5,7H,6H2,1-2H3,(H,15,16). The molecule has 0 aliphatic heterocycles. The zero-order valence-corrected chi connectivity index (χ0v) is 12.3. The summed E-state index contributed by atoms with van der Waals surface area (Å²) in [5, 5.41) is 2.90. The van der Waals surface area contributed by atoms with Gasteiger partial charge in [-0.25, -0.2) is 4.79 Å². The number of carbonyl (C=O) groups is 2. The van der Waals surface area contributed by atoms with Crippen molar-refractivity contribution >= 4 is 39.4 Å². The van der Waals surface area contributed by atoms with Gasteiger partial charge in [-0.2, -0.15) is 0 Å². The molecule has 1 amide bonds. The average Bonchev–Trinajstić information content (AvgIpc) is 2.28. The fraction of sp³-hybridized carbons (Fsp3) is 0.333. The van der Waals surface area contributed by atoms with Crippen molar-refractivity contribution in [3.63, 3.8) is 0 Å². The Morgan fingerprint density at radius 3 is 2.72 bits per heavy atom. The van der Waals surface area contributed by atoms with Gasteiger partial charge in [0.15, 0.2) is 6.61 Å². The zero-order chi connectivity index (χ0) is 13.7. The lowest BCUT2D eigenvalue weighted by molar-refractivity contribution is -0.124. The van der Waals surface area contributed by atoms with Crippen LogP contribution in [0.3, 0.4) is 0 Å². The van der Waals surface area contributed by atoms with Gasteiger partial charge >= 0.3 is 5.97 Å². The van der Waals surface area contributed by atoms with Gasteiger partial charge in [0.25, 0.3) is 5.91 Å². The third-order valence-electron chi connectivity index (χ3n) is 1.93. The first-order valence-corrected chi connectivity index (χ1v) is 6.48. The molecule has 0 saturated heterocycles. The van der Waals surface area contributed by atoms with E-state index in [1.54, 1.807) is 18.2 Å². The van der Waals surface area contributed by atoms with Crippen LogP contribution < -0.4 is 5.32 Å². The van der Waals surface area contributed by atoms with Crippen molar-refractivity contribution in [2.75, 3.05) is 6.61 Å². The minimum Gasteiger partial charge on any atom is -0.452 e. The summed E-state index contributed by atoms with van der Waals surface area (Å²) in [6.07, 6.45) is 0. The molecule has 4 nitrogen and oxygen atoms in total. The second-order valence-electron chi connectivity index (χ2n) is 3.92. The summed E-state index contributed by atoms with van der Waals surface area (Å²) in [5.74, 6) is -0.968. The summed E-state index contributed by atoms with van der Waals surface area (Å²) in [6.45, 7) is 3.33. The first-order valence-electron chi connectivity index (χ1n) is 5.31. The Balaban J connectivity index is 2.60. The fourth-order valence-corrected chi connectivity index (χ4v) is 1.78. The second kappa shape index (κ2) is 6.75. The highest BCUT2D eigenvalue weighted by Gasteiger charge is 2.14. The normalized spacial score (nSPS) is 10.3. The molecule has 0 aromatic heterocycles. The molecule has 98 valence electrons. The highest BCUT2D eigenvalue weighted by atomic mass is 79.9. The van der Waals surface area contributed by atoms with Crippen LogP contribution in [0.2, 0.25) is 5.02 Å². The van der Waals surface area contributed by atoms with Gasteiger partial charge in [-0.15, -0.1) is 0 Å². The Kier molecular flexibility index (Phi) is 5.62. The van der Waals surface area contributed by atoms with E-state index >= 15 is 0 Å². The minimum absolute atomic E-state index is 0.00524. The van der Waals surface area contributed by atoms with E-state index in [2.05, 4.69) is 21.2 Å². The predicted molar refractivity (Wildman–Crippen MR) is 72.7 cm³/mol. The molecule has 1 N–H and O–H groups in total. The summed E-state index contributed by atoms with van der Waals surface area (Å²) in [7, 11) is 0. The van der Waals surface area contributed by atoms with Crippen LogP contribution >= 0.6 is 27.5 Å². The van der Waals surface area contributed by atoms with E-state index < -0.39 is 5.97 Å². The molecule has 0 aliphatic carbocycles. The third kappa shape index (κ3) is 4.66. The number of amides is 1. The summed E-state index contributed by atoms with van der Waals surface area (Å²) in [4.78, 5) is 23.0. The maximum Gasteiger partial charge on any atom is 0.340 e. The van der Waals surface area contributed by atoms with Crippen molar-refractivity contribution in [1.82, 2.24) is 5.32 Å². The largest absolute Gasteiger partial charge is 0.452 e. The third-order valence-corrected chi connectivity index (χ3v) is 2.76. The van der Waals surface area contributed by atoms with Gasteiger partial charge in [0.2, 0.25) is 0 Å². The van der Waals surface area contributed by atoms with Crippen LogP contribution in [-0.4, -0.2) is 24.5 Å². The van der Waals surface area contributed by atoms with E-state index in [-0.39, 0.29) is 29.1 Å². The quantitative estimate of drug-likeness (QED) is 0.862. The van der Waals surface area contributed by atoms with Crippen LogP contribution in [0.15, 0.2) is 22.7 Å². The number of carbonyl (C=O) groups excluding carboxylic acids is 2. The molecular weight excluding hydrogens is 321 g/mol. The number of hydrogen-bond donors (Lipinski definition) is 1. The molecule has 0 fully saturated rings. The van der Waals surface area contributed by atoms with Crippen LogP contribution in [0, 0.1) is 0 Å². The van der Waals surface area contributed by atoms with Crippen molar-refractivity contribution in [3.8, 4) is 0 Å². The lowest BCUT2D eigenvalue weighted by Gasteiger charge is -2.09. The average molecular weight is 335 g/mol. The van der Waals surface area contributed by atoms with Gasteiger partial charge in [-0.3, -0.25) is 4.79 Å². The highest BCUT2D eigenvalue weighted by molar-refractivity contribution is 9.10. The molecule has 6 heteroatoms. The van der Waals surface area contributed by atoms with Gasteiger partial charge in [0.1, 0.15) is 0 Å². The minimum atomic E-state index is -0.625. The molecule has 1 aromatic carbocycles.